The Hall–Kier alpha value is -3.09. The van der Waals surface area contributed by atoms with E-state index in [1.165, 1.54) is 30.3 Å². The van der Waals surface area contributed by atoms with Crippen molar-refractivity contribution in [3.63, 3.8) is 0 Å². The molecule has 1 saturated heterocycles. The van der Waals surface area contributed by atoms with Crippen LogP contribution in [0.25, 0.3) is 22.4 Å². The first-order valence-corrected chi connectivity index (χ1v) is 11.4. The molecule has 1 fully saturated rings. The number of rotatable bonds is 4. The van der Waals surface area contributed by atoms with Crippen LogP contribution in [-0.2, 0) is 16.2 Å². The number of nitrogens with one attached hydrogen (secondary N) is 1. The average Bonchev–Trinajstić information content (AvgIpc) is 2.78. The Bertz CT molecular complexity index is 1270. The zero-order valence-corrected chi connectivity index (χ0v) is 17.9. The van der Waals surface area contributed by atoms with E-state index in [0.29, 0.717) is 26.2 Å². The minimum atomic E-state index is -4.83. The van der Waals surface area contributed by atoms with E-state index in [-0.39, 0.29) is 33.1 Å². The van der Waals surface area contributed by atoms with Crippen LogP contribution in [0.3, 0.4) is 0 Å². The number of benzene rings is 2. The summed E-state index contributed by atoms with van der Waals surface area (Å²) in [4.78, 5) is 9.10. The number of hydrogen-bond acceptors (Lipinski definition) is 6. The monoisotopic (exact) mass is 481 g/mol. The number of nitrogens with zero attached hydrogens (tertiary/aromatic N) is 3. The summed E-state index contributed by atoms with van der Waals surface area (Å²) in [5.74, 6) is -1.91. The Labute approximate surface area is 187 Å². The van der Waals surface area contributed by atoms with Crippen molar-refractivity contribution in [1.29, 1.82) is 0 Å². The maximum Gasteiger partial charge on any atom is 0.451 e. The Morgan fingerprint density at radius 1 is 0.970 bits per heavy atom. The fourth-order valence-corrected chi connectivity index (χ4v) is 4.15. The van der Waals surface area contributed by atoms with Crippen LogP contribution in [0, 0.1) is 5.82 Å². The van der Waals surface area contributed by atoms with Crippen molar-refractivity contribution in [3.8, 4) is 22.4 Å². The molecule has 1 aliphatic rings. The van der Waals surface area contributed by atoms with Crippen molar-refractivity contribution in [2.75, 3.05) is 31.1 Å². The highest BCUT2D eigenvalue weighted by atomic mass is 32.2. The molecular formula is C21H19F4N5O2S. The summed E-state index contributed by atoms with van der Waals surface area (Å²) in [5.41, 5.74) is 0.583. The number of halogens is 4. The van der Waals surface area contributed by atoms with Gasteiger partial charge in [-0.05, 0) is 42.0 Å². The molecule has 3 N–H and O–H groups in total. The van der Waals surface area contributed by atoms with Crippen molar-refractivity contribution >= 4 is 15.8 Å². The van der Waals surface area contributed by atoms with Crippen LogP contribution < -0.4 is 15.4 Å². The highest BCUT2D eigenvalue weighted by Gasteiger charge is 2.37. The number of sulfonamides is 1. The number of aromatic nitrogens is 2. The van der Waals surface area contributed by atoms with Crippen LogP contribution in [0.1, 0.15) is 5.82 Å². The number of piperazine rings is 1. The molecule has 0 amide bonds. The van der Waals surface area contributed by atoms with Crippen LogP contribution >= 0.6 is 0 Å². The summed E-state index contributed by atoms with van der Waals surface area (Å²) in [6, 6.07) is 10.4. The van der Waals surface area contributed by atoms with E-state index in [2.05, 4.69) is 15.3 Å². The second-order valence-corrected chi connectivity index (χ2v) is 8.97. The van der Waals surface area contributed by atoms with Crippen LogP contribution in [0.5, 0.6) is 0 Å². The molecule has 0 aliphatic carbocycles. The third kappa shape index (κ3) is 4.97. The van der Waals surface area contributed by atoms with Gasteiger partial charge in [-0.3, -0.25) is 0 Å². The lowest BCUT2D eigenvalue weighted by Gasteiger charge is -2.31. The first-order valence-electron chi connectivity index (χ1n) is 9.88. The number of anilines is 1. The lowest BCUT2D eigenvalue weighted by molar-refractivity contribution is -0.144. The third-order valence-electron chi connectivity index (χ3n) is 5.13. The average molecular weight is 481 g/mol. The van der Waals surface area contributed by atoms with Gasteiger partial charge in [0.2, 0.25) is 15.8 Å². The number of alkyl halides is 3. The quantitative estimate of drug-likeness (QED) is 0.556. The number of nitrogens with two attached hydrogens (primary N) is 1. The molecule has 3 aromatic rings. The second-order valence-electron chi connectivity index (χ2n) is 7.41. The molecule has 12 heteroatoms. The molecule has 33 heavy (non-hydrogen) atoms. The van der Waals surface area contributed by atoms with Crippen molar-refractivity contribution in [1.82, 2.24) is 15.3 Å². The lowest BCUT2D eigenvalue weighted by atomic mass is 9.98. The van der Waals surface area contributed by atoms with E-state index in [9.17, 15) is 26.0 Å². The minimum absolute atomic E-state index is 0.00437. The van der Waals surface area contributed by atoms with Crippen molar-refractivity contribution in [3.05, 3.63) is 60.2 Å². The summed E-state index contributed by atoms with van der Waals surface area (Å²) in [7, 11) is -4.08. The Kier molecular flexibility index (Phi) is 6.08. The van der Waals surface area contributed by atoms with Gasteiger partial charge in [0.15, 0.2) is 0 Å². The summed E-state index contributed by atoms with van der Waals surface area (Å²) in [6.07, 6.45) is -4.83. The summed E-state index contributed by atoms with van der Waals surface area (Å²) in [6.45, 7) is 1.79. The molecule has 174 valence electrons. The lowest BCUT2D eigenvalue weighted by Crippen LogP contribution is -2.44. The topological polar surface area (TPSA) is 101 Å². The van der Waals surface area contributed by atoms with Crippen LogP contribution in [0.4, 0.5) is 23.4 Å². The maximum absolute atomic E-state index is 13.7. The summed E-state index contributed by atoms with van der Waals surface area (Å²) >= 11 is 0. The molecule has 0 bridgehead atoms. The van der Waals surface area contributed by atoms with Gasteiger partial charge >= 0.3 is 6.18 Å². The van der Waals surface area contributed by atoms with Crippen molar-refractivity contribution in [2.45, 2.75) is 11.1 Å². The van der Waals surface area contributed by atoms with Gasteiger partial charge < -0.3 is 10.2 Å². The molecule has 0 unspecified atom stereocenters. The fourth-order valence-electron chi connectivity index (χ4n) is 3.59. The van der Waals surface area contributed by atoms with Gasteiger partial charge in [-0.25, -0.2) is 27.9 Å². The smallest absolute Gasteiger partial charge is 0.353 e. The number of primary sulfonamides is 1. The van der Waals surface area contributed by atoms with E-state index in [1.54, 1.807) is 11.0 Å². The molecule has 0 radical (unpaired) electrons. The predicted molar refractivity (Wildman–Crippen MR) is 114 cm³/mol. The SMILES string of the molecule is NS(=O)(=O)c1cccc(-c2c(-c3ccc(F)cc3)nc(C(F)(F)F)nc2N2CCNCC2)c1. The Morgan fingerprint density at radius 3 is 2.24 bits per heavy atom. The van der Waals surface area contributed by atoms with Gasteiger partial charge in [0.25, 0.3) is 0 Å². The van der Waals surface area contributed by atoms with Gasteiger partial charge in [0.05, 0.1) is 16.2 Å². The molecule has 2 heterocycles. The van der Waals surface area contributed by atoms with Gasteiger partial charge in [0, 0.05) is 31.7 Å². The molecule has 0 saturated carbocycles. The molecule has 0 spiro atoms. The molecular weight excluding hydrogens is 462 g/mol. The van der Waals surface area contributed by atoms with Gasteiger partial charge in [0.1, 0.15) is 11.6 Å². The summed E-state index contributed by atoms with van der Waals surface area (Å²) < 4.78 is 78.6. The zero-order chi connectivity index (χ0) is 23.8. The van der Waals surface area contributed by atoms with E-state index in [4.69, 9.17) is 5.14 Å². The van der Waals surface area contributed by atoms with Crippen LogP contribution in [0.2, 0.25) is 0 Å². The van der Waals surface area contributed by atoms with E-state index in [0.717, 1.165) is 12.1 Å². The van der Waals surface area contributed by atoms with Crippen LogP contribution in [0.15, 0.2) is 53.4 Å². The van der Waals surface area contributed by atoms with Gasteiger partial charge in [-0.1, -0.05) is 12.1 Å². The molecule has 1 aliphatic heterocycles. The fraction of sp³-hybridized carbons (Fsp3) is 0.238. The number of hydrogen-bond donors (Lipinski definition) is 2. The maximum atomic E-state index is 13.7. The normalized spacial score (nSPS) is 15.0. The molecule has 7 nitrogen and oxygen atoms in total. The molecule has 0 atom stereocenters. The molecule has 2 aromatic carbocycles. The van der Waals surface area contributed by atoms with Crippen molar-refractivity contribution in [2.24, 2.45) is 5.14 Å². The third-order valence-corrected chi connectivity index (χ3v) is 6.04. The highest BCUT2D eigenvalue weighted by Crippen LogP contribution is 2.41. The standard InChI is InChI=1S/C21H19F4N5O2S/c22-15-6-4-13(5-7-15)18-17(14-2-1-3-16(12-14)33(26,31)32)19(30-10-8-27-9-11-30)29-20(28-18)21(23,24)25/h1-7,12,27H,8-11H2,(H2,26,31,32). The highest BCUT2D eigenvalue weighted by molar-refractivity contribution is 7.89. The zero-order valence-electron chi connectivity index (χ0n) is 17.1. The Balaban J connectivity index is 2.06. The first kappa shape index (κ1) is 23.1. The van der Waals surface area contributed by atoms with E-state index >= 15 is 0 Å². The molecule has 4 rings (SSSR count). The van der Waals surface area contributed by atoms with Crippen LogP contribution in [-0.4, -0.2) is 44.6 Å². The predicted octanol–water partition coefficient (Wildman–Crippen LogP) is 3.03. The van der Waals surface area contributed by atoms with E-state index in [1.807, 2.05) is 0 Å². The summed E-state index contributed by atoms with van der Waals surface area (Å²) in [5, 5.41) is 8.39. The first-order chi connectivity index (χ1) is 15.5. The Morgan fingerprint density at radius 2 is 1.64 bits per heavy atom. The largest absolute Gasteiger partial charge is 0.451 e. The van der Waals surface area contributed by atoms with Gasteiger partial charge in [-0.2, -0.15) is 13.2 Å². The molecule has 1 aromatic heterocycles. The second kappa shape index (κ2) is 8.69. The van der Waals surface area contributed by atoms with Crippen molar-refractivity contribution < 1.29 is 26.0 Å². The van der Waals surface area contributed by atoms with E-state index < -0.39 is 27.8 Å². The van der Waals surface area contributed by atoms with Gasteiger partial charge in [-0.15, -0.1) is 0 Å². The minimum Gasteiger partial charge on any atom is -0.353 e.